The molecule has 3 aliphatic rings. The van der Waals surface area contributed by atoms with Gasteiger partial charge in [0.05, 0.1) is 11.7 Å². The summed E-state index contributed by atoms with van der Waals surface area (Å²) in [6.07, 6.45) is 13.1. The van der Waals surface area contributed by atoms with Crippen molar-refractivity contribution in [3.05, 3.63) is 42.2 Å². The number of fused-ring (bicyclic) bond motifs is 1. The average molecular weight is 416 g/mol. The number of nitrogens with zero attached hydrogens (tertiary/aromatic N) is 2. The van der Waals surface area contributed by atoms with Gasteiger partial charge in [0.25, 0.3) is 6.47 Å². The van der Waals surface area contributed by atoms with E-state index in [9.17, 15) is 4.79 Å². The van der Waals surface area contributed by atoms with Gasteiger partial charge >= 0.3 is 0 Å². The SMILES string of the molecule is CC=CCCCC(=O)NC[C@H]1[C@H]2CN(Cc3ccncc3)C[C@]23CC[C@H]1O3.O=CO. The van der Waals surface area contributed by atoms with E-state index in [2.05, 4.69) is 33.4 Å². The number of carboxylic acid groups (broad SMARTS) is 1. The number of rotatable bonds is 8. The highest BCUT2D eigenvalue weighted by atomic mass is 16.5. The zero-order chi connectivity index (χ0) is 21.4. The molecule has 1 spiro atoms. The molecule has 4 heterocycles. The second kappa shape index (κ2) is 10.7. The summed E-state index contributed by atoms with van der Waals surface area (Å²) in [6.45, 7) is 5.58. The van der Waals surface area contributed by atoms with E-state index < -0.39 is 0 Å². The van der Waals surface area contributed by atoms with Crippen molar-refractivity contribution in [2.75, 3.05) is 19.6 Å². The van der Waals surface area contributed by atoms with Crippen LogP contribution in [0.4, 0.5) is 0 Å². The molecule has 0 aromatic carbocycles. The van der Waals surface area contributed by atoms with Crippen LogP contribution in [0.5, 0.6) is 0 Å². The lowest BCUT2D eigenvalue weighted by Gasteiger charge is -2.29. The van der Waals surface area contributed by atoms with E-state index in [0.29, 0.717) is 24.4 Å². The first-order valence-electron chi connectivity index (χ1n) is 10.9. The Balaban J connectivity index is 0.000000806. The van der Waals surface area contributed by atoms with Crippen LogP contribution in [0.25, 0.3) is 0 Å². The second-order valence-corrected chi connectivity index (χ2v) is 8.43. The van der Waals surface area contributed by atoms with Crippen molar-refractivity contribution < 1.29 is 19.4 Å². The standard InChI is InChI=1S/C22H31N3O2.CH2O2/c1-2-3-4-5-6-21(26)24-13-18-19-15-25(14-17-8-11-23-12-9-17)16-22(19)10-7-20(18)27-22;2-1-3/h2-3,8-9,11-12,18-20H,4-7,10,13-16H2,1H3,(H,24,26);1H,(H,2,3)/t18-,19+,20+,22+;/m0./s1. The number of likely N-dealkylation sites (tertiary alicyclic amines) is 1. The van der Waals surface area contributed by atoms with Gasteiger partial charge in [-0.2, -0.15) is 0 Å². The van der Waals surface area contributed by atoms with Gasteiger partial charge < -0.3 is 15.2 Å². The molecule has 3 saturated heterocycles. The number of hydrogen-bond donors (Lipinski definition) is 2. The Labute approximate surface area is 178 Å². The molecule has 4 rings (SSSR count). The first kappa shape index (κ1) is 22.4. The molecule has 7 nitrogen and oxygen atoms in total. The lowest BCUT2D eigenvalue weighted by atomic mass is 9.73. The maximum absolute atomic E-state index is 12.2. The minimum Gasteiger partial charge on any atom is -0.483 e. The van der Waals surface area contributed by atoms with Crippen LogP contribution in [0, 0.1) is 11.8 Å². The number of carbonyl (C=O) groups excluding carboxylic acids is 1. The molecule has 30 heavy (non-hydrogen) atoms. The molecule has 0 aliphatic carbocycles. The number of aromatic nitrogens is 1. The second-order valence-electron chi connectivity index (χ2n) is 8.43. The molecule has 4 atom stereocenters. The van der Waals surface area contributed by atoms with Crippen LogP contribution >= 0.6 is 0 Å². The summed E-state index contributed by atoms with van der Waals surface area (Å²) in [5.41, 5.74) is 1.33. The van der Waals surface area contributed by atoms with Crippen LogP contribution in [0.2, 0.25) is 0 Å². The molecule has 2 N–H and O–H groups in total. The Morgan fingerprint density at radius 1 is 1.43 bits per heavy atom. The van der Waals surface area contributed by atoms with Gasteiger partial charge in [0.2, 0.25) is 5.91 Å². The number of hydrogen-bond acceptors (Lipinski definition) is 5. The van der Waals surface area contributed by atoms with E-state index in [1.807, 2.05) is 25.4 Å². The molecule has 2 bridgehead atoms. The molecule has 3 fully saturated rings. The van der Waals surface area contributed by atoms with E-state index in [1.54, 1.807) is 0 Å². The normalized spacial score (nSPS) is 29.4. The minimum absolute atomic E-state index is 0.0268. The number of amides is 1. The zero-order valence-corrected chi connectivity index (χ0v) is 17.7. The zero-order valence-electron chi connectivity index (χ0n) is 17.7. The van der Waals surface area contributed by atoms with Crippen molar-refractivity contribution in [2.45, 2.75) is 57.3 Å². The Morgan fingerprint density at radius 3 is 2.93 bits per heavy atom. The lowest BCUT2D eigenvalue weighted by Crippen LogP contribution is -2.41. The summed E-state index contributed by atoms with van der Waals surface area (Å²) in [6, 6.07) is 4.19. The van der Waals surface area contributed by atoms with Crippen LogP contribution in [0.3, 0.4) is 0 Å². The van der Waals surface area contributed by atoms with Gasteiger partial charge in [-0.1, -0.05) is 12.2 Å². The Hall–Kier alpha value is -2.25. The summed E-state index contributed by atoms with van der Waals surface area (Å²) in [5.74, 6) is 1.19. The molecule has 0 saturated carbocycles. The average Bonchev–Trinajstić information content (AvgIpc) is 3.39. The van der Waals surface area contributed by atoms with E-state index in [-0.39, 0.29) is 18.0 Å². The van der Waals surface area contributed by atoms with Crippen LogP contribution in [0.15, 0.2) is 36.7 Å². The van der Waals surface area contributed by atoms with Crippen molar-refractivity contribution in [3.8, 4) is 0 Å². The number of ether oxygens (including phenoxy) is 1. The molecule has 0 unspecified atom stereocenters. The molecule has 7 heteroatoms. The first-order chi connectivity index (χ1) is 14.6. The lowest BCUT2D eigenvalue weighted by molar-refractivity contribution is -0.123. The van der Waals surface area contributed by atoms with E-state index in [1.165, 1.54) is 12.0 Å². The third kappa shape index (κ3) is 5.26. The van der Waals surface area contributed by atoms with Gasteiger partial charge in [0.1, 0.15) is 0 Å². The number of unbranched alkanes of at least 4 members (excludes halogenated alkanes) is 1. The fourth-order valence-corrected chi connectivity index (χ4v) is 5.29. The van der Waals surface area contributed by atoms with E-state index in [4.69, 9.17) is 14.6 Å². The number of allylic oxidation sites excluding steroid dienone is 2. The highest BCUT2D eigenvalue weighted by molar-refractivity contribution is 5.75. The molecule has 164 valence electrons. The molecular weight excluding hydrogens is 382 g/mol. The molecule has 3 aliphatic heterocycles. The van der Waals surface area contributed by atoms with Crippen LogP contribution in [-0.4, -0.2) is 58.7 Å². The maximum Gasteiger partial charge on any atom is 0.290 e. The summed E-state index contributed by atoms with van der Waals surface area (Å²) < 4.78 is 6.50. The van der Waals surface area contributed by atoms with Gasteiger partial charge in [-0.3, -0.25) is 19.5 Å². The van der Waals surface area contributed by atoms with E-state index >= 15 is 0 Å². The van der Waals surface area contributed by atoms with Crippen molar-refractivity contribution >= 4 is 12.4 Å². The largest absolute Gasteiger partial charge is 0.483 e. The van der Waals surface area contributed by atoms with Crippen LogP contribution in [0.1, 0.15) is 44.6 Å². The van der Waals surface area contributed by atoms with Crippen molar-refractivity contribution in [3.63, 3.8) is 0 Å². The number of nitrogens with one attached hydrogen (secondary N) is 1. The van der Waals surface area contributed by atoms with E-state index in [0.717, 1.165) is 45.4 Å². The highest BCUT2D eigenvalue weighted by Gasteiger charge is 2.62. The van der Waals surface area contributed by atoms with Crippen LogP contribution in [-0.2, 0) is 20.9 Å². The molecule has 1 aromatic rings. The van der Waals surface area contributed by atoms with Crippen molar-refractivity contribution in [1.29, 1.82) is 0 Å². The summed E-state index contributed by atoms with van der Waals surface area (Å²) in [7, 11) is 0. The summed E-state index contributed by atoms with van der Waals surface area (Å²) in [5, 5.41) is 10.1. The molecular formula is C23H33N3O4. The Bertz CT molecular complexity index is 726. The third-order valence-corrected chi connectivity index (χ3v) is 6.56. The van der Waals surface area contributed by atoms with Crippen molar-refractivity contribution in [2.24, 2.45) is 11.8 Å². The van der Waals surface area contributed by atoms with Crippen LogP contribution < -0.4 is 5.32 Å². The third-order valence-electron chi connectivity index (χ3n) is 6.56. The molecule has 1 aromatic heterocycles. The quantitative estimate of drug-likeness (QED) is 0.385. The van der Waals surface area contributed by atoms with Gasteiger partial charge in [-0.25, -0.2) is 0 Å². The predicted molar refractivity (Wildman–Crippen MR) is 114 cm³/mol. The van der Waals surface area contributed by atoms with Crippen molar-refractivity contribution in [1.82, 2.24) is 15.2 Å². The monoisotopic (exact) mass is 415 g/mol. The molecule has 1 amide bonds. The molecule has 0 radical (unpaired) electrons. The highest BCUT2D eigenvalue weighted by Crippen LogP contribution is 2.54. The van der Waals surface area contributed by atoms with Gasteiger partial charge in [0.15, 0.2) is 0 Å². The minimum atomic E-state index is -0.250. The topological polar surface area (TPSA) is 91.8 Å². The summed E-state index contributed by atoms with van der Waals surface area (Å²) >= 11 is 0. The predicted octanol–water partition coefficient (Wildman–Crippen LogP) is 2.62. The van der Waals surface area contributed by atoms with Gasteiger partial charge in [-0.15, -0.1) is 0 Å². The van der Waals surface area contributed by atoms with Gasteiger partial charge in [0, 0.05) is 56.8 Å². The Kier molecular flexibility index (Phi) is 7.99. The maximum atomic E-state index is 12.2. The fourth-order valence-electron chi connectivity index (χ4n) is 5.29. The van der Waals surface area contributed by atoms with Gasteiger partial charge in [-0.05, 0) is 50.3 Å². The number of carbonyl (C=O) groups is 2. The summed E-state index contributed by atoms with van der Waals surface area (Å²) in [4.78, 5) is 27.2. The fraction of sp³-hybridized carbons (Fsp3) is 0.609. The Morgan fingerprint density at radius 2 is 2.20 bits per heavy atom. The first-order valence-corrected chi connectivity index (χ1v) is 10.9. The smallest absolute Gasteiger partial charge is 0.290 e. The number of pyridine rings is 1.